The summed E-state index contributed by atoms with van der Waals surface area (Å²) >= 11 is 3.42. The van der Waals surface area contributed by atoms with E-state index in [9.17, 15) is 4.79 Å². The smallest absolute Gasteiger partial charge is 0.305 e. The molecule has 0 amide bonds. The van der Waals surface area contributed by atoms with Crippen LogP contribution in [0.4, 0.5) is 0 Å². The Morgan fingerprint density at radius 3 is 2.62 bits per heavy atom. The van der Waals surface area contributed by atoms with Crippen molar-refractivity contribution >= 4 is 28.7 Å². The Morgan fingerprint density at radius 1 is 1.31 bits per heavy atom. The molecule has 0 rings (SSSR count). The summed E-state index contributed by atoms with van der Waals surface area (Å²) in [5.41, 5.74) is 0. The van der Waals surface area contributed by atoms with Gasteiger partial charge in [0, 0.05) is 6.42 Å². The summed E-state index contributed by atoms with van der Waals surface area (Å²) in [6.07, 6.45) is 6.48. The van der Waals surface area contributed by atoms with E-state index >= 15 is 0 Å². The topological polar surface area (TPSA) is 26.3 Å². The van der Waals surface area contributed by atoms with Gasteiger partial charge in [-0.3, -0.25) is 4.79 Å². The van der Waals surface area contributed by atoms with E-state index in [4.69, 9.17) is 4.74 Å². The monoisotopic (exact) mass is 268 g/mol. The number of halogens is 1. The molecule has 0 aromatic carbocycles. The van der Waals surface area contributed by atoms with Crippen molar-refractivity contribution < 1.29 is 9.53 Å². The molecular weight excluding hydrogens is 251 g/mol. The lowest BCUT2D eigenvalue weighted by atomic mass is 10.1. The van der Waals surface area contributed by atoms with Crippen LogP contribution in [0.1, 0.15) is 39.0 Å². The second-order valence-corrected chi connectivity index (χ2v) is 5.30. The molecule has 1 atom stereocenters. The highest BCUT2D eigenvalue weighted by atomic mass is 79.9. The third kappa shape index (κ3) is 10.3. The quantitative estimate of drug-likeness (QED) is 0.383. The minimum atomic E-state index is -0.0510. The van der Waals surface area contributed by atoms with Crippen molar-refractivity contribution in [2.45, 2.75) is 39.0 Å². The van der Waals surface area contributed by atoms with E-state index in [-0.39, 0.29) is 5.97 Å². The molecule has 0 bridgehead atoms. The van der Waals surface area contributed by atoms with E-state index in [2.05, 4.69) is 15.5 Å². The highest BCUT2D eigenvalue weighted by molar-refractivity contribution is 9.36. The van der Waals surface area contributed by atoms with E-state index < -0.39 is 0 Å². The predicted molar refractivity (Wildman–Crippen MR) is 61.8 cm³/mol. The lowest BCUT2D eigenvalue weighted by Gasteiger charge is -2.01. The Bertz CT molecular complexity index is 131. The van der Waals surface area contributed by atoms with Crippen molar-refractivity contribution in [2.75, 3.05) is 12.8 Å². The number of esters is 1. The second-order valence-electron chi connectivity index (χ2n) is 2.85. The fourth-order valence-corrected chi connectivity index (χ4v) is 2.27. The summed E-state index contributed by atoms with van der Waals surface area (Å²) in [6.45, 7) is 2.35. The van der Waals surface area contributed by atoms with Gasteiger partial charge in [-0.05, 0) is 25.9 Å². The van der Waals surface area contributed by atoms with Gasteiger partial charge in [0.1, 0.15) is 0 Å². The van der Waals surface area contributed by atoms with E-state index in [0.717, 1.165) is 20.1 Å². The van der Waals surface area contributed by atoms with Crippen LogP contribution in [0.15, 0.2) is 0 Å². The third-order valence-electron chi connectivity index (χ3n) is 1.71. The Kier molecular flexibility index (Phi) is 10.8. The zero-order valence-electron chi connectivity index (χ0n) is 8.14. The minimum Gasteiger partial charge on any atom is -0.466 e. The molecule has 0 saturated heterocycles. The molecule has 0 N–H and O–H groups in total. The van der Waals surface area contributed by atoms with Gasteiger partial charge >= 0.3 is 5.97 Å². The second kappa shape index (κ2) is 10.5. The van der Waals surface area contributed by atoms with Crippen molar-refractivity contribution in [3.63, 3.8) is 0 Å². The first-order valence-corrected chi connectivity index (χ1v) is 8.26. The molecule has 0 saturated carbocycles. The molecule has 0 aliphatic heterocycles. The molecule has 0 heterocycles. The standard InChI is InChI=1S/C9H18BrO2P/c1-2-12-9(11)7-5-3-4-6-8-13-10/h13H,2-8H2,1H3. The molecule has 0 fully saturated rings. The molecule has 78 valence electrons. The SMILES string of the molecule is CCOC(=O)CCCCCCPBr. The third-order valence-corrected chi connectivity index (χ3v) is 3.44. The Hall–Kier alpha value is 0.380. The fourth-order valence-electron chi connectivity index (χ4n) is 1.05. The van der Waals surface area contributed by atoms with Gasteiger partial charge in [0.2, 0.25) is 0 Å². The van der Waals surface area contributed by atoms with Gasteiger partial charge in [0.25, 0.3) is 0 Å². The molecule has 0 aliphatic rings. The van der Waals surface area contributed by atoms with E-state index in [0.29, 0.717) is 13.0 Å². The summed E-state index contributed by atoms with van der Waals surface area (Å²) in [4.78, 5) is 10.9. The molecule has 2 nitrogen and oxygen atoms in total. The van der Waals surface area contributed by atoms with E-state index in [1.807, 2.05) is 6.92 Å². The molecule has 13 heavy (non-hydrogen) atoms. The number of ether oxygens (including phenoxy) is 1. The zero-order chi connectivity index (χ0) is 9.94. The Balaban J connectivity index is 3.02. The maximum absolute atomic E-state index is 10.9. The number of carbonyl (C=O) groups excluding carboxylic acids is 1. The van der Waals surface area contributed by atoms with Gasteiger partial charge < -0.3 is 4.74 Å². The van der Waals surface area contributed by atoms with Crippen LogP contribution in [-0.2, 0) is 9.53 Å². The molecule has 0 aromatic heterocycles. The van der Waals surface area contributed by atoms with E-state index in [1.165, 1.54) is 19.0 Å². The number of hydrogen-bond acceptors (Lipinski definition) is 2. The first-order valence-electron chi connectivity index (χ1n) is 4.80. The van der Waals surface area contributed by atoms with Crippen molar-refractivity contribution in [3.05, 3.63) is 0 Å². The summed E-state index contributed by atoms with van der Waals surface area (Å²) in [5.74, 6) is -0.0510. The van der Waals surface area contributed by atoms with Gasteiger partial charge in [0.15, 0.2) is 0 Å². The number of carbonyl (C=O) groups is 1. The summed E-state index contributed by atoms with van der Waals surface area (Å²) in [5, 5.41) is 0. The maximum Gasteiger partial charge on any atom is 0.305 e. The molecule has 0 aromatic rings. The number of rotatable bonds is 8. The van der Waals surface area contributed by atoms with Crippen LogP contribution in [0.3, 0.4) is 0 Å². The lowest BCUT2D eigenvalue weighted by Crippen LogP contribution is -2.03. The number of unbranched alkanes of at least 4 members (excludes halogenated alkanes) is 3. The summed E-state index contributed by atoms with van der Waals surface area (Å²) in [6, 6.07) is 0. The van der Waals surface area contributed by atoms with Crippen LogP contribution in [0, 0.1) is 0 Å². The maximum atomic E-state index is 10.9. The Labute approximate surface area is 90.3 Å². The largest absolute Gasteiger partial charge is 0.466 e. The van der Waals surface area contributed by atoms with Crippen LogP contribution in [-0.4, -0.2) is 18.7 Å². The zero-order valence-corrected chi connectivity index (χ0v) is 10.7. The molecular formula is C9H18BrO2P. The van der Waals surface area contributed by atoms with E-state index in [1.54, 1.807) is 0 Å². The minimum absolute atomic E-state index is 0.0510. The van der Waals surface area contributed by atoms with Gasteiger partial charge in [0.05, 0.1) is 6.61 Å². The van der Waals surface area contributed by atoms with Crippen LogP contribution < -0.4 is 0 Å². The summed E-state index contributed by atoms with van der Waals surface area (Å²) in [7, 11) is 0.886. The van der Waals surface area contributed by atoms with Crippen molar-refractivity contribution in [1.82, 2.24) is 0 Å². The Morgan fingerprint density at radius 2 is 2.00 bits per heavy atom. The van der Waals surface area contributed by atoms with Gasteiger partial charge in [-0.25, -0.2) is 0 Å². The molecule has 0 aliphatic carbocycles. The predicted octanol–water partition coefficient (Wildman–Crippen LogP) is 3.49. The van der Waals surface area contributed by atoms with Crippen LogP contribution in [0.25, 0.3) is 0 Å². The first kappa shape index (κ1) is 13.4. The highest BCUT2D eigenvalue weighted by Crippen LogP contribution is 2.21. The van der Waals surface area contributed by atoms with Crippen molar-refractivity contribution in [2.24, 2.45) is 0 Å². The average molecular weight is 269 g/mol. The van der Waals surface area contributed by atoms with Crippen molar-refractivity contribution in [3.8, 4) is 0 Å². The number of hydrogen-bond donors (Lipinski definition) is 0. The summed E-state index contributed by atoms with van der Waals surface area (Å²) < 4.78 is 4.82. The molecule has 0 spiro atoms. The van der Waals surface area contributed by atoms with Crippen LogP contribution in [0.5, 0.6) is 0 Å². The van der Waals surface area contributed by atoms with Gasteiger partial charge in [-0.15, -0.1) is 0 Å². The van der Waals surface area contributed by atoms with Gasteiger partial charge in [-0.2, -0.15) is 0 Å². The molecule has 4 heteroatoms. The normalized spacial score (nSPS) is 10.9. The average Bonchev–Trinajstić information content (AvgIpc) is 2.11. The molecule has 0 radical (unpaired) electrons. The van der Waals surface area contributed by atoms with Crippen LogP contribution >= 0.6 is 22.8 Å². The van der Waals surface area contributed by atoms with Crippen molar-refractivity contribution in [1.29, 1.82) is 0 Å². The first-order chi connectivity index (χ1) is 6.31. The molecule has 1 unspecified atom stereocenters. The van der Waals surface area contributed by atoms with Crippen LogP contribution in [0.2, 0.25) is 0 Å². The highest BCUT2D eigenvalue weighted by Gasteiger charge is 1.99. The van der Waals surface area contributed by atoms with Gasteiger partial charge in [-0.1, -0.05) is 35.6 Å². The lowest BCUT2D eigenvalue weighted by molar-refractivity contribution is -0.143. The fraction of sp³-hybridized carbons (Fsp3) is 0.889.